The van der Waals surface area contributed by atoms with Gasteiger partial charge in [0.25, 0.3) is 0 Å². The van der Waals surface area contributed by atoms with E-state index in [0.29, 0.717) is 16.7 Å². The Balaban J connectivity index is 0.00000341. The van der Waals surface area contributed by atoms with Gasteiger partial charge in [0.2, 0.25) is 0 Å². The number of hydrogen-bond acceptors (Lipinski definition) is 3. The van der Waals surface area contributed by atoms with Gasteiger partial charge in [-0.25, -0.2) is 4.79 Å². The Labute approximate surface area is 200 Å². The molecule has 0 heterocycles. The maximum Gasteiger partial charge on any atom is 0.330 e. The molecular weight excluding hydrogens is 453 g/mol. The molecule has 1 unspecified atom stereocenters. The lowest BCUT2D eigenvalue weighted by atomic mass is 9.91. The van der Waals surface area contributed by atoms with Gasteiger partial charge in [0.05, 0.1) is 6.61 Å². The normalized spacial score (nSPS) is 12.2. The lowest BCUT2D eigenvalue weighted by molar-refractivity contribution is -0.138. The molecule has 0 aliphatic rings. The molecule has 3 aromatic rings. The van der Waals surface area contributed by atoms with Crippen molar-refractivity contribution in [3.05, 3.63) is 87.9 Å². The van der Waals surface area contributed by atoms with E-state index in [0.717, 1.165) is 18.5 Å². The number of rotatable bonds is 8. The first-order chi connectivity index (χ1) is 14.4. The number of fused-ring (bicyclic) bond motifs is 1. The van der Waals surface area contributed by atoms with Crippen molar-refractivity contribution in [1.82, 2.24) is 4.90 Å². The summed E-state index contributed by atoms with van der Waals surface area (Å²) in [6, 6.07) is 19.7. The summed E-state index contributed by atoms with van der Waals surface area (Å²) in [4.78, 5) is 14.5. The van der Waals surface area contributed by atoms with Crippen molar-refractivity contribution in [2.75, 3.05) is 27.2 Å². The average Bonchev–Trinajstić information content (AvgIpc) is 2.73. The number of nitrogens with zero attached hydrogens (tertiary/aromatic N) is 1. The number of ether oxygens (including phenoxy) is 1. The third kappa shape index (κ3) is 7.26. The fraction of sp³-hybridized carbons (Fsp3) is 0.240. The highest BCUT2D eigenvalue weighted by Crippen LogP contribution is 2.29. The van der Waals surface area contributed by atoms with E-state index in [1.54, 1.807) is 24.3 Å². The lowest BCUT2D eigenvalue weighted by Crippen LogP contribution is -2.19. The summed E-state index contributed by atoms with van der Waals surface area (Å²) in [6.45, 7) is 1.22. The van der Waals surface area contributed by atoms with Gasteiger partial charge in [0, 0.05) is 22.0 Å². The van der Waals surface area contributed by atoms with Gasteiger partial charge in [-0.05, 0) is 67.2 Å². The number of carbonyl (C=O) groups excluding carboxylic acids is 1. The summed E-state index contributed by atoms with van der Waals surface area (Å²) in [5, 5.41) is 3.43. The van der Waals surface area contributed by atoms with Crippen LogP contribution < -0.4 is 0 Å². The van der Waals surface area contributed by atoms with Gasteiger partial charge in [0.1, 0.15) is 0 Å². The van der Waals surface area contributed by atoms with E-state index in [2.05, 4.69) is 35.2 Å². The van der Waals surface area contributed by atoms with Crippen LogP contribution in [0.4, 0.5) is 0 Å². The molecule has 0 bridgehead atoms. The van der Waals surface area contributed by atoms with Crippen molar-refractivity contribution in [3.8, 4) is 0 Å². The molecule has 0 aromatic heterocycles. The van der Waals surface area contributed by atoms with E-state index in [1.165, 1.54) is 22.4 Å². The zero-order chi connectivity index (χ0) is 21.5. The first-order valence-electron chi connectivity index (χ1n) is 9.86. The lowest BCUT2D eigenvalue weighted by Gasteiger charge is -2.21. The molecule has 0 radical (unpaired) electrons. The van der Waals surface area contributed by atoms with Crippen LogP contribution in [-0.2, 0) is 9.53 Å². The van der Waals surface area contributed by atoms with Crippen molar-refractivity contribution < 1.29 is 9.53 Å². The first-order valence-corrected chi connectivity index (χ1v) is 10.6. The highest BCUT2D eigenvalue weighted by atomic mass is 35.5. The molecule has 3 aromatic carbocycles. The summed E-state index contributed by atoms with van der Waals surface area (Å²) in [5.74, 6) is -0.286. The second kappa shape index (κ2) is 12.1. The van der Waals surface area contributed by atoms with Crippen LogP contribution in [0.15, 0.2) is 66.7 Å². The number of carbonyl (C=O) groups is 1. The minimum Gasteiger partial charge on any atom is -0.462 e. The third-order valence-corrected chi connectivity index (χ3v) is 5.54. The van der Waals surface area contributed by atoms with Crippen LogP contribution in [0.1, 0.15) is 23.5 Å². The van der Waals surface area contributed by atoms with Gasteiger partial charge < -0.3 is 9.64 Å². The SMILES string of the molecule is CN(C)CCC(COC(=O)/C=C/c1ccc(Cl)cc1Cl)c1cccc2ccccc12.Cl. The maximum absolute atomic E-state index is 12.3. The standard InChI is InChI=1S/C25H25Cl2NO2.ClH/c1-28(2)15-14-20(23-9-5-7-18-6-3-4-8-22(18)23)17-30-25(29)13-11-19-10-12-21(26)16-24(19)27;/h3-13,16,20H,14-15,17H2,1-2H3;1H/b13-11+;. The van der Waals surface area contributed by atoms with Crippen molar-refractivity contribution in [2.24, 2.45) is 0 Å². The highest BCUT2D eigenvalue weighted by molar-refractivity contribution is 6.35. The van der Waals surface area contributed by atoms with Crippen LogP contribution in [0, 0.1) is 0 Å². The molecule has 0 amide bonds. The molecule has 164 valence electrons. The van der Waals surface area contributed by atoms with Crippen LogP contribution in [0.25, 0.3) is 16.8 Å². The molecule has 0 fully saturated rings. The fourth-order valence-electron chi connectivity index (χ4n) is 3.37. The van der Waals surface area contributed by atoms with E-state index in [1.807, 2.05) is 26.2 Å². The molecule has 0 aliphatic heterocycles. The average molecular weight is 479 g/mol. The monoisotopic (exact) mass is 477 g/mol. The van der Waals surface area contributed by atoms with E-state index in [-0.39, 0.29) is 18.3 Å². The number of benzene rings is 3. The minimum absolute atomic E-state index is 0. The molecular formula is C25H26Cl3NO2. The van der Waals surface area contributed by atoms with Crippen molar-refractivity contribution in [1.29, 1.82) is 0 Å². The maximum atomic E-state index is 12.3. The summed E-state index contributed by atoms with van der Waals surface area (Å²) in [6.07, 6.45) is 3.94. The molecule has 0 aliphatic carbocycles. The molecule has 6 heteroatoms. The zero-order valence-electron chi connectivity index (χ0n) is 17.6. The quantitative estimate of drug-likeness (QED) is 0.261. The van der Waals surface area contributed by atoms with Gasteiger partial charge >= 0.3 is 5.97 Å². The Morgan fingerprint density at radius 2 is 1.81 bits per heavy atom. The molecule has 3 rings (SSSR count). The van der Waals surface area contributed by atoms with Crippen molar-refractivity contribution >= 4 is 58.4 Å². The summed E-state index contributed by atoms with van der Waals surface area (Å²) in [5.41, 5.74) is 1.92. The molecule has 3 nitrogen and oxygen atoms in total. The summed E-state index contributed by atoms with van der Waals surface area (Å²) in [7, 11) is 4.09. The van der Waals surface area contributed by atoms with Crippen molar-refractivity contribution in [2.45, 2.75) is 12.3 Å². The Bertz CT molecular complexity index is 1040. The van der Waals surface area contributed by atoms with Gasteiger partial charge in [-0.2, -0.15) is 0 Å². The predicted molar refractivity (Wildman–Crippen MR) is 134 cm³/mol. The van der Waals surface area contributed by atoms with Gasteiger partial charge in [-0.15, -0.1) is 12.4 Å². The van der Waals surface area contributed by atoms with Crippen LogP contribution in [-0.4, -0.2) is 38.1 Å². The molecule has 0 saturated carbocycles. The molecule has 0 spiro atoms. The van der Waals surface area contributed by atoms with Gasteiger partial charge in [0.15, 0.2) is 0 Å². The van der Waals surface area contributed by atoms with E-state index >= 15 is 0 Å². The Morgan fingerprint density at radius 1 is 1.06 bits per heavy atom. The van der Waals surface area contributed by atoms with E-state index < -0.39 is 5.97 Å². The highest BCUT2D eigenvalue weighted by Gasteiger charge is 2.17. The fourth-order valence-corrected chi connectivity index (χ4v) is 3.85. The molecule has 1 atom stereocenters. The van der Waals surface area contributed by atoms with Crippen LogP contribution in [0.5, 0.6) is 0 Å². The van der Waals surface area contributed by atoms with E-state index in [4.69, 9.17) is 27.9 Å². The van der Waals surface area contributed by atoms with Gasteiger partial charge in [-0.3, -0.25) is 0 Å². The topological polar surface area (TPSA) is 29.5 Å². The largest absolute Gasteiger partial charge is 0.462 e. The molecule has 0 N–H and O–H groups in total. The second-order valence-corrected chi connectivity index (χ2v) is 8.33. The summed E-state index contributed by atoms with van der Waals surface area (Å²) < 4.78 is 5.61. The first kappa shape index (κ1) is 25.2. The van der Waals surface area contributed by atoms with Gasteiger partial charge in [-0.1, -0.05) is 71.7 Å². The van der Waals surface area contributed by atoms with Crippen LogP contribution in [0.2, 0.25) is 10.0 Å². The van der Waals surface area contributed by atoms with E-state index in [9.17, 15) is 4.79 Å². The Morgan fingerprint density at radius 3 is 2.55 bits per heavy atom. The number of halogens is 3. The van der Waals surface area contributed by atoms with Crippen LogP contribution in [0.3, 0.4) is 0 Å². The zero-order valence-corrected chi connectivity index (χ0v) is 19.9. The van der Waals surface area contributed by atoms with Crippen molar-refractivity contribution in [3.63, 3.8) is 0 Å². The third-order valence-electron chi connectivity index (χ3n) is 4.98. The Hall–Kier alpha value is -2.04. The minimum atomic E-state index is -0.392. The Kier molecular flexibility index (Phi) is 9.86. The molecule has 0 saturated heterocycles. The van der Waals surface area contributed by atoms with Crippen LogP contribution >= 0.6 is 35.6 Å². The predicted octanol–water partition coefficient (Wildman–Crippen LogP) is 6.86. The second-order valence-electron chi connectivity index (χ2n) is 7.49. The molecule has 31 heavy (non-hydrogen) atoms. The summed E-state index contributed by atoms with van der Waals surface area (Å²) >= 11 is 12.1. The number of esters is 1. The smallest absolute Gasteiger partial charge is 0.330 e. The number of hydrogen-bond donors (Lipinski definition) is 0.